The lowest BCUT2D eigenvalue weighted by Gasteiger charge is -2.14. The number of hydrogen-bond acceptors (Lipinski definition) is 9. The number of ether oxygens (including phenoxy) is 1. The Kier molecular flexibility index (Phi) is 10.6. The highest BCUT2D eigenvalue weighted by Crippen LogP contribution is 2.35. The Morgan fingerprint density at radius 3 is 1.92 bits per heavy atom. The van der Waals surface area contributed by atoms with Gasteiger partial charge in [-0.05, 0) is 50.2 Å². The van der Waals surface area contributed by atoms with Crippen LogP contribution in [-0.4, -0.2) is 56.9 Å². The minimum Gasteiger partial charge on any atom is -0.465 e. The molecule has 3 aromatic heterocycles. The van der Waals surface area contributed by atoms with Gasteiger partial charge >= 0.3 is 11.7 Å². The molecule has 0 unspecified atom stereocenters. The fraction of sp³-hybridized carbons (Fsp3) is 0.300. The first-order valence-electron chi connectivity index (χ1n) is 14.2. The summed E-state index contributed by atoms with van der Waals surface area (Å²) < 4.78 is 84.9. The number of sulfone groups is 1. The number of aryl methyl sites for hydroxylation is 2. The highest BCUT2D eigenvalue weighted by atomic mass is 32.2. The van der Waals surface area contributed by atoms with Gasteiger partial charge in [0.1, 0.15) is 5.88 Å². The van der Waals surface area contributed by atoms with Crippen molar-refractivity contribution in [1.29, 1.82) is 0 Å². The number of nitrogens with zero attached hydrogens (tertiary/aromatic N) is 5. The molecule has 3 heterocycles. The summed E-state index contributed by atoms with van der Waals surface area (Å²) in [4.78, 5) is 38.7. The summed E-state index contributed by atoms with van der Waals surface area (Å²) in [5.74, 6) is -1.48. The molecule has 0 fully saturated rings. The zero-order chi connectivity index (χ0) is 35.5. The number of rotatable bonds is 9. The standard InChI is InChI=1S/C16H16F2N4O4S.C14H15F2N3O2/c1-3-22-13(4-5-19-22)9-6-11-12(7-10(9)14(17)18)20-16(24)21(15(11)23)8-27(2,25)26;1-3-19-12(4-5-18-19)8-6-10(14(20)21-2)11(17)7-9(8)13(15)16/h4-7,14H,3,8H2,1-2H3,(H,20,24);4-7,13H,3,17H2,1-2H3. The van der Waals surface area contributed by atoms with Gasteiger partial charge in [-0.1, -0.05) is 0 Å². The van der Waals surface area contributed by atoms with E-state index in [1.165, 1.54) is 42.4 Å². The molecule has 0 atom stereocenters. The zero-order valence-electron chi connectivity index (χ0n) is 26.1. The molecule has 256 valence electrons. The lowest BCUT2D eigenvalue weighted by atomic mass is 9.99. The first-order chi connectivity index (χ1) is 22.6. The van der Waals surface area contributed by atoms with Crippen LogP contribution in [0.2, 0.25) is 0 Å². The molecule has 0 amide bonds. The number of alkyl halides is 4. The van der Waals surface area contributed by atoms with Crippen molar-refractivity contribution in [3.05, 3.63) is 86.3 Å². The summed E-state index contributed by atoms with van der Waals surface area (Å²) in [6.07, 6.45) is -1.72. The number of nitrogen functional groups attached to an aromatic ring is 1. The number of aromatic amines is 1. The van der Waals surface area contributed by atoms with Crippen molar-refractivity contribution in [2.24, 2.45) is 0 Å². The Balaban J connectivity index is 0.000000224. The van der Waals surface area contributed by atoms with Crippen LogP contribution in [0.15, 0.2) is 58.4 Å². The van der Waals surface area contributed by atoms with Crippen LogP contribution in [0.25, 0.3) is 33.4 Å². The van der Waals surface area contributed by atoms with Crippen molar-refractivity contribution in [3.63, 3.8) is 0 Å². The van der Waals surface area contributed by atoms with E-state index in [4.69, 9.17) is 5.73 Å². The number of nitrogens with two attached hydrogens (primary N) is 1. The summed E-state index contributed by atoms with van der Waals surface area (Å²) in [5.41, 5.74) is 4.34. The maximum atomic E-state index is 13.6. The summed E-state index contributed by atoms with van der Waals surface area (Å²) >= 11 is 0. The number of anilines is 1. The smallest absolute Gasteiger partial charge is 0.339 e. The lowest BCUT2D eigenvalue weighted by molar-refractivity contribution is 0.0601. The predicted molar refractivity (Wildman–Crippen MR) is 170 cm³/mol. The van der Waals surface area contributed by atoms with Gasteiger partial charge in [-0.2, -0.15) is 10.2 Å². The number of benzene rings is 2. The fourth-order valence-corrected chi connectivity index (χ4v) is 5.72. The molecule has 18 heteroatoms. The van der Waals surface area contributed by atoms with E-state index >= 15 is 0 Å². The largest absolute Gasteiger partial charge is 0.465 e. The number of halogens is 4. The SMILES string of the molecule is CCn1nccc1-c1cc(C(=O)OC)c(N)cc1C(F)F.CCn1nccc1-c1cc2c(=O)n(CS(C)(=O)=O)c(=O)[nH]c2cc1C(F)F. The molecule has 0 bridgehead atoms. The number of esters is 1. The van der Waals surface area contributed by atoms with E-state index in [0.717, 1.165) is 18.4 Å². The molecule has 0 aliphatic heterocycles. The van der Waals surface area contributed by atoms with E-state index in [1.54, 1.807) is 17.7 Å². The van der Waals surface area contributed by atoms with E-state index in [-0.39, 0.29) is 44.4 Å². The second kappa shape index (κ2) is 14.2. The predicted octanol–water partition coefficient (Wildman–Crippen LogP) is 4.39. The van der Waals surface area contributed by atoms with Crippen LogP contribution in [0.4, 0.5) is 23.2 Å². The molecule has 0 spiro atoms. The normalized spacial score (nSPS) is 11.6. The van der Waals surface area contributed by atoms with E-state index in [9.17, 15) is 40.4 Å². The highest BCUT2D eigenvalue weighted by Gasteiger charge is 2.23. The molecule has 0 saturated carbocycles. The highest BCUT2D eigenvalue weighted by molar-refractivity contribution is 7.89. The number of carbonyl (C=O) groups excluding carboxylic acids is 1. The van der Waals surface area contributed by atoms with Crippen LogP contribution in [0.1, 0.15) is 48.2 Å². The first-order valence-corrected chi connectivity index (χ1v) is 16.3. The second-order valence-corrected chi connectivity index (χ2v) is 12.5. The van der Waals surface area contributed by atoms with Gasteiger partial charge in [0.05, 0.1) is 35.0 Å². The molecule has 0 saturated heterocycles. The molecule has 0 radical (unpaired) electrons. The lowest BCUT2D eigenvalue weighted by Crippen LogP contribution is -2.37. The summed E-state index contributed by atoms with van der Waals surface area (Å²) in [7, 11) is -2.46. The molecule has 3 N–H and O–H groups in total. The van der Waals surface area contributed by atoms with Gasteiger partial charge in [0, 0.05) is 59.7 Å². The summed E-state index contributed by atoms with van der Waals surface area (Å²) in [5, 5.41) is 8.03. The van der Waals surface area contributed by atoms with E-state index in [0.29, 0.717) is 29.0 Å². The minimum absolute atomic E-state index is 0.0385. The van der Waals surface area contributed by atoms with Crippen molar-refractivity contribution < 1.29 is 35.5 Å². The Labute approximate surface area is 270 Å². The van der Waals surface area contributed by atoms with Crippen LogP contribution >= 0.6 is 0 Å². The van der Waals surface area contributed by atoms with Crippen molar-refractivity contribution >= 4 is 32.4 Å². The number of aromatic nitrogens is 6. The molecule has 5 aromatic rings. The Bertz CT molecular complexity index is 2210. The van der Waals surface area contributed by atoms with E-state index < -0.39 is 45.8 Å². The molecule has 5 rings (SSSR count). The number of hydrogen-bond donors (Lipinski definition) is 2. The molecular weight excluding hydrogens is 662 g/mol. The molecular formula is C30H31F4N7O6S. The topological polar surface area (TPSA) is 177 Å². The van der Waals surface area contributed by atoms with Gasteiger partial charge in [-0.15, -0.1) is 0 Å². The van der Waals surface area contributed by atoms with Gasteiger partial charge in [0.15, 0.2) is 9.84 Å². The average molecular weight is 694 g/mol. The zero-order valence-corrected chi connectivity index (χ0v) is 26.9. The monoisotopic (exact) mass is 693 g/mol. The van der Waals surface area contributed by atoms with Crippen LogP contribution in [0.3, 0.4) is 0 Å². The van der Waals surface area contributed by atoms with Gasteiger partial charge < -0.3 is 15.5 Å². The Morgan fingerprint density at radius 1 is 0.917 bits per heavy atom. The summed E-state index contributed by atoms with van der Waals surface area (Å²) in [6.45, 7) is 4.57. The third-order valence-electron chi connectivity index (χ3n) is 7.20. The van der Waals surface area contributed by atoms with E-state index in [2.05, 4.69) is 19.9 Å². The van der Waals surface area contributed by atoms with Gasteiger partial charge in [0.25, 0.3) is 18.4 Å². The minimum atomic E-state index is -3.67. The first kappa shape index (κ1) is 35.6. The van der Waals surface area contributed by atoms with E-state index in [1.807, 2.05) is 6.92 Å². The van der Waals surface area contributed by atoms with Gasteiger partial charge in [0.2, 0.25) is 0 Å². The van der Waals surface area contributed by atoms with Crippen LogP contribution < -0.4 is 17.0 Å². The van der Waals surface area contributed by atoms with Crippen molar-refractivity contribution in [2.45, 2.75) is 45.7 Å². The van der Waals surface area contributed by atoms with Crippen molar-refractivity contribution in [2.75, 3.05) is 19.1 Å². The molecule has 0 aliphatic rings. The summed E-state index contributed by atoms with van der Waals surface area (Å²) in [6, 6.07) is 7.86. The Hall–Kier alpha value is -5.26. The number of methoxy groups -OCH3 is 1. The molecule has 0 aliphatic carbocycles. The second-order valence-electron chi connectivity index (χ2n) is 10.4. The number of H-pyrrole nitrogens is 1. The van der Waals surface area contributed by atoms with Crippen molar-refractivity contribution in [1.82, 2.24) is 29.1 Å². The van der Waals surface area contributed by atoms with Gasteiger partial charge in [-0.3, -0.25) is 14.2 Å². The molecule has 2 aromatic carbocycles. The maximum Gasteiger partial charge on any atom is 0.339 e. The van der Waals surface area contributed by atoms with Crippen LogP contribution in [0, 0.1) is 0 Å². The van der Waals surface area contributed by atoms with Crippen LogP contribution in [0.5, 0.6) is 0 Å². The van der Waals surface area contributed by atoms with Crippen LogP contribution in [-0.2, 0) is 33.5 Å². The molecule has 48 heavy (non-hydrogen) atoms. The Morgan fingerprint density at radius 2 is 1.44 bits per heavy atom. The van der Waals surface area contributed by atoms with Gasteiger partial charge in [-0.25, -0.2) is 40.1 Å². The quantitative estimate of drug-likeness (QED) is 0.129. The molecule has 13 nitrogen and oxygen atoms in total. The fourth-order valence-electron chi connectivity index (χ4n) is 5.02. The third kappa shape index (κ3) is 7.32. The number of nitrogens with one attached hydrogen (secondary N) is 1. The number of fused-ring (bicyclic) bond motifs is 1. The third-order valence-corrected chi connectivity index (χ3v) is 7.92. The van der Waals surface area contributed by atoms with Crippen molar-refractivity contribution in [3.8, 4) is 22.5 Å². The maximum absolute atomic E-state index is 13.6. The average Bonchev–Trinajstić information content (AvgIpc) is 3.71. The number of carbonyl (C=O) groups is 1.